The minimum Gasteiger partial charge on any atom is -0.361 e. The number of H-pyrrole nitrogens is 2. The molecular formula is C20H24N4O. The number of nitrogens with zero attached hydrogens (tertiary/aromatic N) is 2. The van der Waals surface area contributed by atoms with E-state index >= 15 is 0 Å². The first-order chi connectivity index (χ1) is 11.9. The van der Waals surface area contributed by atoms with Crippen molar-refractivity contribution in [1.82, 2.24) is 19.9 Å². The summed E-state index contributed by atoms with van der Waals surface area (Å²) in [6, 6.07) is 8.49. The van der Waals surface area contributed by atoms with Gasteiger partial charge in [0.1, 0.15) is 5.82 Å². The molecule has 2 N–H and O–H groups in total. The normalized spacial score (nSPS) is 15.5. The number of hydrogen-bond donors (Lipinski definition) is 2. The van der Waals surface area contributed by atoms with Crippen molar-refractivity contribution in [2.75, 3.05) is 6.54 Å². The van der Waals surface area contributed by atoms with Crippen LogP contribution in [0.25, 0.3) is 10.9 Å². The quantitative estimate of drug-likeness (QED) is 0.756. The minimum absolute atomic E-state index is 0.0299. The van der Waals surface area contributed by atoms with Gasteiger partial charge in [0.2, 0.25) is 0 Å². The van der Waals surface area contributed by atoms with Crippen molar-refractivity contribution in [2.24, 2.45) is 0 Å². The highest BCUT2D eigenvalue weighted by Crippen LogP contribution is 2.23. The van der Waals surface area contributed by atoms with Gasteiger partial charge in [0.15, 0.2) is 0 Å². The fourth-order valence-electron chi connectivity index (χ4n) is 3.51. The Bertz CT molecular complexity index is 977. The Morgan fingerprint density at radius 1 is 1.24 bits per heavy atom. The van der Waals surface area contributed by atoms with E-state index in [2.05, 4.69) is 59.9 Å². The van der Waals surface area contributed by atoms with Crippen LogP contribution in [0.15, 0.2) is 35.3 Å². The van der Waals surface area contributed by atoms with Crippen LogP contribution in [0.5, 0.6) is 0 Å². The van der Waals surface area contributed by atoms with Gasteiger partial charge in [0, 0.05) is 47.7 Å². The van der Waals surface area contributed by atoms with Crippen molar-refractivity contribution in [3.05, 3.63) is 63.5 Å². The molecule has 130 valence electrons. The van der Waals surface area contributed by atoms with Crippen molar-refractivity contribution in [2.45, 2.75) is 45.7 Å². The lowest BCUT2D eigenvalue weighted by Gasteiger charge is -2.29. The van der Waals surface area contributed by atoms with Crippen LogP contribution >= 0.6 is 0 Å². The molecule has 0 unspecified atom stereocenters. The third kappa shape index (κ3) is 3.00. The predicted molar refractivity (Wildman–Crippen MR) is 99.7 cm³/mol. The third-order valence-electron chi connectivity index (χ3n) is 4.94. The predicted octanol–water partition coefficient (Wildman–Crippen LogP) is 3.11. The Hall–Kier alpha value is -2.40. The van der Waals surface area contributed by atoms with Gasteiger partial charge in [0.25, 0.3) is 5.56 Å². The maximum Gasteiger partial charge on any atom is 0.254 e. The standard InChI is InChI=1S/C20H24N4O/c1-20(2,3)19-22-17-12-24(10-8-15(17)18(25)23-19)11-13-5-4-6-16-14(13)7-9-21-16/h4-7,9,21H,8,10-12H2,1-3H3,(H,22,23,25). The Balaban J connectivity index is 1.63. The van der Waals surface area contributed by atoms with E-state index < -0.39 is 0 Å². The highest BCUT2D eigenvalue weighted by molar-refractivity contribution is 5.82. The minimum atomic E-state index is -0.160. The summed E-state index contributed by atoms with van der Waals surface area (Å²) in [6.45, 7) is 8.70. The number of hydrogen-bond acceptors (Lipinski definition) is 3. The van der Waals surface area contributed by atoms with Crippen LogP contribution in [-0.4, -0.2) is 26.4 Å². The molecule has 0 aliphatic carbocycles. The molecule has 1 aromatic carbocycles. The zero-order valence-electron chi connectivity index (χ0n) is 15.0. The molecule has 5 heteroatoms. The van der Waals surface area contributed by atoms with Crippen molar-refractivity contribution in [3.63, 3.8) is 0 Å². The van der Waals surface area contributed by atoms with Crippen LogP contribution in [0.1, 0.15) is 43.4 Å². The van der Waals surface area contributed by atoms with E-state index in [9.17, 15) is 4.79 Å². The lowest BCUT2D eigenvalue weighted by atomic mass is 9.95. The zero-order valence-corrected chi connectivity index (χ0v) is 15.0. The Morgan fingerprint density at radius 3 is 2.88 bits per heavy atom. The molecule has 0 bridgehead atoms. The molecule has 1 aliphatic heterocycles. The largest absolute Gasteiger partial charge is 0.361 e. The van der Waals surface area contributed by atoms with Gasteiger partial charge in [0.05, 0.1) is 5.69 Å². The van der Waals surface area contributed by atoms with Crippen molar-refractivity contribution >= 4 is 10.9 Å². The molecule has 0 fully saturated rings. The summed E-state index contributed by atoms with van der Waals surface area (Å²) in [6.07, 6.45) is 2.74. The monoisotopic (exact) mass is 336 g/mol. The van der Waals surface area contributed by atoms with Gasteiger partial charge in [-0.1, -0.05) is 32.9 Å². The molecule has 0 spiro atoms. The Morgan fingerprint density at radius 2 is 2.08 bits per heavy atom. The first-order valence-corrected chi connectivity index (χ1v) is 8.82. The Labute approximate surface area is 147 Å². The molecule has 4 rings (SSSR count). The van der Waals surface area contributed by atoms with Gasteiger partial charge >= 0.3 is 0 Å². The van der Waals surface area contributed by atoms with Gasteiger partial charge in [-0.05, 0) is 24.1 Å². The molecule has 0 saturated heterocycles. The molecule has 0 radical (unpaired) electrons. The average Bonchev–Trinajstić information content (AvgIpc) is 3.03. The second-order valence-corrected chi connectivity index (χ2v) is 7.91. The van der Waals surface area contributed by atoms with Crippen LogP contribution in [0.2, 0.25) is 0 Å². The third-order valence-corrected chi connectivity index (χ3v) is 4.94. The molecule has 25 heavy (non-hydrogen) atoms. The van der Waals surface area contributed by atoms with Gasteiger partial charge in [-0.15, -0.1) is 0 Å². The van der Waals surface area contributed by atoms with E-state index in [1.165, 1.54) is 16.5 Å². The van der Waals surface area contributed by atoms with Crippen molar-refractivity contribution < 1.29 is 0 Å². The number of rotatable bonds is 2. The summed E-state index contributed by atoms with van der Waals surface area (Å²) in [5.74, 6) is 0.769. The smallest absolute Gasteiger partial charge is 0.254 e. The van der Waals surface area contributed by atoms with E-state index in [4.69, 9.17) is 4.98 Å². The van der Waals surface area contributed by atoms with Crippen LogP contribution in [0, 0.1) is 0 Å². The highest BCUT2D eigenvalue weighted by atomic mass is 16.1. The molecule has 0 saturated carbocycles. The lowest BCUT2D eigenvalue weighted by molar-refractivity contribution is 0.240. The topological polar surface area (TPSA) is 64.8 Å². The number of fused-ring (bicyclic) bond motifs is 2. The van der Waals surface area contributed by atoms with Gasteiger partial charge in [-0.25, -0.2) is 4.98 Å². The number of benzene rings is 1. The molecule has 1 aliphatic rings. The maximum atomic E-state index is 12.4. The summed E-state index contributed by atoms with van der Waals surface area (Å²) in [5.41, 5.74) is 4.13. The van der Waals surface area contributed by atoms with E-state index in [0.29, 0.717) is 0 Å². The lowest BCUT2D eigenvalue weighted by Crippen LogP contribution is -2.36. The molecular weight excluding hydrogens is 312 g/mol. The fraction of sp³-hybridized carbons (Fsp3) is 0.400. The average molecular weight is 336 g/mol. The maximum absolute atomic E-state index is 12.4. The van der Waals surface area contributed by atoms with E-state index in [0.717, 1.165) is 43.1 Å². The SMILES string of the molecule is CC(C)(C)c1nc2c(c(=O)[nH]1)CCN(Cc1cccc3[nH]ccc13)C2. The van der Waals surface area contributed by atoms with Crippen LogP contribution in [0.3, 0.4) is 0 Å². The molecule has 3 aromatic rings. The number of aromatic amines is 2. The second kappa shape index (κ2) is 5.85. The van der Waals surface area contributed by atoms with Crippen LogP contribution < -0.4 is 5.56 Å². The van der Waals surface area contributed by atoms with Gasteiger partial charge in [-0.2, -0.15) is 0 Å². The van der Waals surface area contributed by atoms with E-state index in [-0.39, 0.29) is 11.0 Å². The van der Waals surface area contributed by atoms with Gasteiger partial charge < -0.3 is 9.97 Å². The zero-order chi connectivity index (χ0) is 17.6. The van der Waals surface area contributed by atoms with Crippen molar-refractivity contribution in [1.29, 1.82) is 0 Å². The number of aromatic nitrogens is 3. The first-order valence-electron chi connectivity index (χ1n) is 8.82. The first kappa shape index (κ1) is 16.1. The fourth-order valence-corrected chi connectivity index (χ4v) is 3.51. The molecule has 2 aromatic heterocycles. The second-order valence-electron chi connectivity index (χ2n) is 7.91. The summed E-state index contributed by atoms with van der Waals surface area (Å²) >= 11 is 0. The molecule has 0 atom stereocenters. The summed E-state index contributed by atoms with van der Waals surface area (Å²) in [5, 5.41) is 1.27. The Kier molecular flexibility index (Phi) is 3.76. The summed E-state index contributed by atoms with van der Waals surface area (Å²) < 4.78 is 0. The summed E-state index contributed by atoms with van der Waals surface area (Å²) in [4.78, 5) is 25.8. The highest BCUT2D eigenvalue weighted by Gasteiger charge is 2.25. The number of nitrogens with one attached hydrogen (secondary N) is 2. The van der Waals surface area contributed by atoms with Gasteiger partial charge in [-0.3, -0.25) is 9.69 Å². The van der Waals surface area contributed by atoms with E-state index in [1.54, 1.807) is 0 Å². The van der Waals surface area contributed by atoms with Crippen molar-refractivity contribution in [3.8, 4) is 0 Å². The van der Waals surface area contributed by atoms with Crippen LogP contribution in [0.4, 0.5) is 0 Å². The van der Waals surface area contributed by atoms with Crippen LogP contribution in [-0.2, 0) is 24.9 Å². The van der Waals surface area contributed by atoms with E-state index in [1.807, 2.05) is 6.20 Å². The molecule has 5 nitrogen and oxygen atoms in total. The molecule has 3 heterocycles. The molecule has 0 amide bonds. The summed E-state index contributed by atoms with van der Waals surface area (Å²) in [7, 11) is 0.